The fourth-order valence-corrected chi connectivity index (χ4v) is 2.00. The summed E-state index contributed by atoms with van der Waals surface area (Å²) in [6.07, 6.45) is -0.499. The summed E-state index contributed by atoms with van der Waals surface area (Å²) in [6.45, 7) is 2.68. The van der Waals surface area contributed by atoms with Gasteiger partial charge in [-0.25, -0.2) is 0 Å². The minimum Gasteiger partial charge on any atom is -0.389 e. The third-order valence-electron chi connectivity index (χ3n) is 2.61. The number of methoxy groups -OCH3 is 1. The van der Waals surface area contributed by atoms with Gasteiger partial charge in [0.05, 0.1) is 25.9 Å². The van der Waals surface area contributed by atoms with Crippen molar-refractivity contribution < 1.29 is 14.6 Å². The Balaban J connectivity index is 2.24. The first-order valence-corrected chi connectivity index (χ1v) is 6.67. The molecule has 0 heterocycles. The lowest BCUT2D eigenvalue weighted by atomic mass is 10.2. The highest BCUT2D eigenvalue weighted by atomic mass is 35.5. The van der Waals surface area contributed by atoms with Crippen LogP contribution in [0.3, 0.4) is 0 Å². The van der Waals surface area contributed by atoms with Gasteiger partial charge in [0.1, 0.15) is 0 Å². The number of likely N-dealkylation sites (N-methyl/N-ethyl adjacent to an activating group) is 1. The van der Waals surface area contributed by atoms with Gasteiger partial charge in [0.25, 0.3) is 0 Å². The topological polar surface area (TPSA) is 41.9 Å². The van der Waals surface area contributed by atoms with Gasteiger partial charge in [-0.1, -0.05) is 23.7 Å². The van der Waals surface area contributed by atoms with Crippen molar-refractivity contribution in [2.45, 2.75) is 12.6 Å². The first-order valence-electron chi connectivity index (χ1n) is 6.29. The zero-order valence-electron chi connectivity index (χ0n) is 11.5. The van der Waals surface area contributed by atoms with Crippen LogP contribution in [-0.4, -0.2) is 56.6 Å². The van der Waals surface area contributed by atoms with Crippen LogP contribution in [0.1, 0.15) is 5.56 Å². The van der Waals surface area contributed by atoms with E-state index in [9.17, 15) is 5.11 Å². The lowest BCUT2D eigenvalue weighted by molar-refractivity contribution is 0.00161. The molecule has 1 N–H and O–H groups in total. The van der Waals surface area contributed by atoms with Gasteiger partial charge >= 0.3 is 0 Å². The standard InChI is InChI=1S/C14H22ClNO3/c1-16(9-12-4-3-5-13(15)8-12)10-14(17)11-19-7-6-18-2/h3-5,8,14,17H,6-7,9-11H2,1-2H3. The Bertz CT molecular complexity index is 362. The van der Waals surface area contributed by atoms with Gasteiger partial charge in [-0.3, -0.25) is 4.90 Å². The number of hydrogen-bond acceptors (Lipinski definition) is 4. The maximum absolute atomic E-state index is 9.82. The first kappa shape index (κ1) is 16.4. The molecule has 0 aliphatic rings. The van der Waals surface area contributed by atoms with Crippen LogP contribution in [-0.2, 0) is 16.0 Å². The SMILES string of the molecule is COCCOCC(O)CN(C)Cc1cccc(Cl)c1. The monoisotopic (exact) mass is 287 g/mol. The molecule has 0 radical (unpaired) electrons. The highest BCUT2D eigenvalue weighted by molar-refractivity contribution is 6.30. The van der Waals surface area contributed by atoms with E-state index >= 15 is 0 Å². The fourth-order valence-electron chi connectivity index (χ4n) is 1.79. The molecule has 0 saturated carbocycles. The normalized spacial score (nSPS) is 12.9. The molecule has 1 aromatic carbocycles. The molecule has 5 heteroatoms. The van der Waals surface area contributed by atoms with Gasteiger partial charge in [-0.2, -0.15) is 0 Å². The first-order chi connectivity index (χ1) is 9.11. The molecule has 19 heavy (non-hydrogen) atoms. The van der Waals surface area contributed by atoms with E-state index in [1.807, 2.05) is 36.2 Å². The third kappa shape index (κ3) is 7.50. The Morgan fingerprint density at radius 3 is 2.84 bits per heavy atom. The van der Waals surface area contributed by atoms with Crippen LogP contribution in [0.2, 0.25) is 5.02 Å². The predicted molar refractivity (Wildman–Crippen MR) is 76.5 cm³/mol. The van der Waals surface area contributed by atoms with Crippen LogP contribution in [0.15, 0.2) is 24.3 Å². The molecule has 0 aliphatic heterocycles. The van der Waals surface area contributed by atoms with Crippen molar-refractivity contribution >= 4 is 11.6 Å². The molecular formula is C14H22ClNO3. The number of rotatable bonds is 9. The van der Waals surface area contributed by atoms with Crippen molar-refractivity contribution in [2.24, 2.45) is 0 Å². The molecule has 1 atom stereocenters. The summed E-state index contributed by atoms with van der Waals surface area (Å²) in [4.78, 5) is 2.04. The van der Waals surface area contributed by atoms with E-state index in [0.29, 0.717) is 26.4 Å². The van der Waals surface area contributed by atoms with Gasteiger partial charge in [0, 0.05) is 25.2 Å². The van der Waals surface area contributed by atoms with E-state index in [-0.39, 0.29) is 0 Å². The molecule has 0 aromatic heterocycles. The molecule has 0 fully saturated rings. The lowest BCUT2D eigenvalue weighted by Gasteiger charge is -2.20. The summed E-state index contributed by atoms with van der Waals surface area (Å²) in [5.74, 6) is 0. The number of hydrogen-bond donors (Lipinski definition) is 1. The molecule has 1 rings (SSSR count). The van der Waals surface area contributed by atoms with Crippen molar-refractivity contribution in [1.82, 2.24) is 4.90 Å². The van der Waals surface area contributed by atoms with Crippen LogP contribution >= 0.6 is 11.6 Å². The van der Waals surface area contributed by atoms with Crippen molar-refractivity contribution in [3.05, 3.63) is 34.9 Å². The van der Waals surface area contributed by atoms with Crippen LogP contribution in [0.25, 0.3) is 0 Å². The average molecular weight is 288 g/mol. The Kier molecular flexibility index (Phi) is 8.02. The highest BCUT2D eigenvalue weighted by Crippen LogP contribution is 2.12. The van der Waals surface area contributed by atoms with E-state index < -0.39 is 6.10 Å². The van der Waals surface area contributed by atoms with E-state index in [4.69, 9.17) is 21.1 Å². The van der Waals surface area contributed by atoms with Gasteiger partial charge in [0.2, 0.25) is 0 Å². The fraction of sp³-hybridized carbons (Fsp3) is 0.571. The second kappa shape index (κ2) is 9.28. The van der Waals surface area contributed by atoms with Gasteiger partial charge in [-0.15, -0.1) is 0 Å². The second-order valence-corrected chi connectivity index (χ2v) is 4.98. The molecule has 0 bridgehead atoms. The zero-order chi connectivity index (χ0) is 14.1. The Hall–Kier alpha value is -0.650. The van der Waals surface area contributed by atoms with E-state index in [0.717, 1.165) is 17.1 Å². The minimum absolute atomic E-state index is 0.323. The Morgan fingerprint density at radius 2 is 2.16 bits per heavy atom. The molecule has 0 amide bonds. The van der Waals surface area contributed by atoms with E-state index in [2.05, 4.69) is 0 Å². The molecule has 1 unspecified atom stereocenters. The smallest absolute Gasteiger partial charge is 0.0900 e. The third-order valence-corrected chi connectivity index (χ3v) is 2.84. The summed E-state index contributed by atoms with van der Waals surface area (Å²) in [5.41, 5.74) is 1.13. The van der Waals surface area contributed by atoms with E-state index in [1.165, 1.54) is 0 Å². The summed E-state index contributed by atoms with van der Waals surface area (Å²) in [7, 11) is 3.58. The zero-order valence-corrected chi connectivity index (χ0v) is 12.3. The number of aliphatic hydroxyl groups excluding tert-OH is 1. The Morgan fingerprint density at radius 1 is 1.37 bits per heavy atom. The van der Waals surface area contributed by atoms with Crippen molar-refractivity contribution in [1.29, 1.82) is 0 Å². The summed E-state index contributed by atoms with van der Waals surface area (Å²) >= 11 is 5.93. The molecule has 1 aromatic rings. The molecule has 108 valence electrons. The summed E-state index contributed by atoms with van der Waals surface area (Å²) in [5, 5.41) is 10.5. The quantitative estimate of drug-likeness (QED) is 0.703. The summed E-state index contributed by atoms with van der Waals surface area (Å²) < 4.78 is 10.1. The molecule has 0 aliphatic carbocycles. The van der Waals surface area contributed by atoms with Crippen LogP contribution in [0, 0.1) is 0 Å². The maximum atomic E-state index is 9.82. The average Bonchev–Trinajstić information content (AvgIpc) is 2.34. The minimum atomic E-state index is -0.499. The van der Waals surface area contributed by atoms with Crippen LogP contribution < -0.4 is 0 Å². The van der Waals surface area contributed by atoms with Crippen LogP contribution in [0.5, 0.6) is 0 Å². The Labute approximate surface area is 119 Å². The number of aliphatic hydroxyl groups is 1. The van der Waals surface area contributed by atoms with Crippen molar-refractivity contribution in [3.8, 4) is 0 Å². The van der Waals surface area contributed by atoms with E-state index in [1.54, 1.807) is 7.11 Å². The summed E-state index contributed by atoms with van der Waals surface area (Å²) in [6, 6.07) is 7.72. The van der Waals surface area contributed by atoms with Crippen molar-refractivity contribution in [3.63, 3.8) is 0 Å². The predicted octanol–water partition coefficient (Wildman–Crippen LogP) is 1.80. The van der Waals surface area contributed by atoms with Gasteiger partial charge in [-0.05, 0) is 24.7 Å². The van der Waals surface area contributed by atoms with Gasteiger partial charge in [0.15, 0.2) is 0 Å². The van der Waals surface area contributed by atoms with Crippen molar-refractivity contribution in [2.75, 3.05) is 40.5 Å². The molecule has 0 saturated heterocycles. The molecular weight excluding hydrogens is 266 g/mol. The number of nitrogens with zero attached hydrogens (tertiary/aromatic N) is 1. The van der Waals surface area contributed by atoms with Crippen LogP contribution in [0.4, 0.5) is 0 Å². The van der Waals surface area contributed by atoms with Gasteiger partial charge < -0.3 is 14.6 Å². The number of ether oxygens (including phenoxy) is 2. The largest absolute Gasteiger partial charge is 0.389 e. The molecule has 4 nitrogen and oxygen atoms in total. The number of halogens is 1. The lowest BCUT2D eigenvalue weighted by Crippen LogP contribution is -2.32. The maximum Gasteiger partial charge on any atom is 0.0900 e. The number of benzene rings is 1. The second-order valence-electron chi connectivity index (χ2n) is 4.55. The highest BCUT2D eigenvalue weighted by Gasteiger charge is 2.09. The molecule has 0 spiro atoms.